The summed E-state index contributed by atoms with van der Waals surface area (Å²) in [5, 5.41) is 0.825. The second-order valence-electron chi connectivity index (χ2n) is 3.77. The van der Waals surface area contributed by atoms with Gasteiger partial charge in [0, 0.05) is 22.3 Å². The Morgan fingerprint density at radius 3 is 2.79 bits per heavy atom. The Bertz CT molecular complexity index is 617. The van der Waals surface area contributed by atoms with Crippen LogP contribution in [-0.2, 0) is 16.0 Å². The van der Waals surface area contributed by atoms with E-state index >= 15 is 0 Å². The van der Waals surface area contributed by atoms with Gasteiger partial charge in [0.05, 0.1) is 13.5 Å². The van der Waals surface area contributed by atoms with Crippen LogP contribution in [0.1, 0.15) is 5.56 Å². The first-order chi connectivity index (χ1) is 9.10. The summed E-state index contributed by atoms with van der Waals surface area (Å²) in [7, 11) is 1.32. The van der Waals surface area contributed by atoms with Crippen molar-refractivity contribution in [2.75, 3.05) is 7.11 Å². The summed E-state index contributed by atoms with van der Waals surface area (Å²) >= 11 is 11.9. The monoisotopic (exact) mass is 296 g/mol. The normalized spacial score (nSPS) is 10.3. The number of esters is 1. The Hall–Kier alpha value is -1.65. The van der Waals surface area contributed by atoms with Crippen molar-refractivity contribution in [1.82, 2.24) is 9.97 Å². The molecule has 0 fully saturated rings. The molecule has 4 nitrogen and oxygen atoms in total. The molecule has 0 aliphatic carbocycles. The van der Waals surface area contributed by atoms with Gasteiger partial charge < -0.3 is 4.74 Å². The first-order valence-electron chi connectivity index (χ1n) is 5.44. The van der Waals surface area contributed by atoms with Crippen LogP contribution >= 0.6 is 23.2 Å². The van der Waals surface area contributed by atoms with Crippen molar-refractivity contribution in [2.45, 2.75) is 6.42 Å². The number of rotatable bonds is 3. The maximum atomic E-state index is 11.2. The lowest BCUT2D eigenvalue weighted by molar-refractivity contribution is -0.139. The van der Waals surface area contributed by atoms with E-state index in [1.54, 1.807) is 18.2 Å². The number of hydrogen-bond acceptors (Lipinski definition) is 4. The van der Waals surface area contributed by atoms with E-state index in [1.165, 1.54) is 13.3 Å². The van der Waals surface area contributed by atoms with Crippen LogP contribution in [-0.4, -0.2) is 23.0 Å². The summed E-state index contributed by atoms with van der Waals surface area (Å²) in [6.45, 7) is 0. The van der Waals surface area contributed by atoms with Gasteiger partial charge in [-0.3, -0.25) is 4.79 Å². The van der Waals surface area contributed by atoms with Crippen molar-refractivity contribution < 1.29 is 9.53 Å². The molecule has 0 bridgehead atoms. The van der Waals surface area contributed by atoms with E-state index in [1.807, 2.05) is 6.07 Å². The zero-order valence-corrected chi connectivity index (χ0v) is 11.6. The zero-order chi connectivity index (χ0) is 13.8. The SMILES string of the molecule is COC(=O)Cc1cnc(-c2cccc(Cl)c2)nc1Cl. The quantitative estimate of drug-likeness (QED) is 0.645. The Labute approximate surface area is 120 Å². The number of nitrogens with zero attached hydrogens (tertiary/aromatic N) is 2. The average Bonchev–Trinajstić information content (AvgIpc) is 2.41. The van der Waals surface area contributed by atoms with Gasteiger partial charge in [0.25, 0.3) is 0 Å². The molecule has 1 heterocycles. The van der Waals surface area contributed by atoms with E-state index in [9.17, 15) is 4.79 Å². The Balaban J connectivity index is 2.31. The highest BCUT2D eigenvalue weighted by Gasteiger charge is 2.11. The number of aromatic nitrogens is 2. The second kappa shape index (κ2) is 5.99. The molecule has 19 heavy (non-hydrogen) atoms. The van der Waals surface area contributed by atoms with Gasteiger partial charge in [-0.2, -0.15) is 0 Å². The maximum absolute atomic E-state index is 11.2. The van der Waals surface area contributed by atoms with Crippen molar-refractivity contribution in [2.24, 2.45) is 0 Å². The third-order valence-electron chi connectivity index (χ3n) is 2.46. The van der Waals surface area contributed by atoms with Crippen molar-refractivity contribution in [1.29, 1.82) is 0 Å². The molecule has 1 aromatic heterocycles. The number of hydrogen-bond donors (Lipinski definition) is 0. The molecular formula is C13H10Cl2N2O2. The smallest absolute Gasteiger partial charge is 0.310 e. The van der Waals surface area contributed by atoms with Crippen LogP contribution in [0.3, 0.4) is 0 Å². The number of methoxy groups -OCH3 is 1. The first kappa shape index (κ1) is 13.8. The Morgan fingerprint density at radius 1 is 1.37 bits per heavy atom. The van der Waals surface area contributed by atoms with Gasteiger partial charge in [-0.15, -0.1) is 0 Å². The molecule has 98 valence electrons. The summed E-state index contributed by atoms with van der Waals surface area (Å²) in [5.41, 5.74) is 1.29. The minimum atomic E-state index is -0.388. The van der Waals surface area contributed by atoms with Gasteiger partial charge in [0.1, 0.15) is 5.15 Å². The highest BCUT2D eigenvalue weighted by Crippen LogP contribution is 2.22. The van der Waals surface area contributed by atoms with Crippen LogP contribution in [0.15, 0.2) is 30.5 Å². The average molecular weight is 297 g/mol. The number of benzene rings is 1. The molecule has 1 aromatic carbocycles. The molecule has 0 aliphatic heterocycles. The second-order valence-corrected chi connectivity index (χ2v) is 4.57. The van der Waals surface area contributed by atoms with Crippen LogP contribution in [0, 0.1) is 0 Å². The summed E-state index contributed by atoms with van der Waals surface area (Å²) in [4.78, 5) is 19.5. The van der Waals surface area contributed by atoms with E-state index in [2.05, 4.69) is 14.7 Å². The van der Waals surface area contributed by atoms with Crippen LogP contribution in [0.2, 0.25) is 10.2 Å². The number of carbonyl (C=O) groups is 1. The topological polar surface area (TPSA) is 52.1 Å². The molecule has 6 heteroatoms. The maximum Gasteiger partial charge on any atom is 0.310 e. The third-order valence-corrected chi connectivity index (χ3v) is 3.02. The van der Waals surface area contributed by atoms with E-state index in [0.717, 1.165) is 5.56 Å². The van der Waals surface area contributed by atoms with E-state index in [0.29, 0.717) is 16.4 Å². The van der Waals surface area contributed by atoms with E-state index in [-0.39, 0.29) is 17.5 Å². The largest absolute Gasteiger partial charge is 0.469 e. The summed E-state index contributed by atoms with van der Waals surface area (Å²) in [6.07, 6.45) is 1.56. The van der Waals surface area contributed by atoms with E-state index < -0.39 is 0 Å². The standard InChI is InChI=1S/C13H10Cl2N2O2/c1-19-11(18)6-9-7-16-13(17-12(9)15)8-3-2-4-10(14)5-8/h2-5,7H,6H2,1H3. The fourth-order valence-electron chi connectivity index (χ4n) is 1.50. The molecule has 2 aromatic rings. The molecule has 2 rings (SSSR count). The van der Waals surface area contributed by atoms with Crippen LogP contribution in [0.25, 0.3) is 11.4 Å². The van der Waals surface area contributed by atoms with Crippen molar-refractivity contribution in [3.05, 3.63) is 46.2 Å². The molecule has 0 aliphatic rings. The van der Waals surface area contributed by atoms with Gasteiger partial charge in [-0.05, 0) is 12.1 Å². The van der Waals surface area contributed by atoms with Crippen LogP contribution < -0.4 is 0 Å². The first-order valence-corrected chi connectivity index (χ1v) is 6.20. The number of carbonyl (C=O) groups excluding carboxylic acids is 1. The molecule has 0 spiro atoms. The van der Waals surface area contributed by atoms with Gasteiger partial charge in [-0.1, -0.05) is 35.3 Å². The van der Waals surface area contributed by atoms with Gasteiger partial charge in [0.2, 0.25) is 0 Å². The summed E-state index contributed by atoms with van der Waals surface area (Å²) in [6, 6.07) is 7.14. The zero-order valence-electron chi connectivity index (χ0n) is 10.1. The minimum Gasteiger partial charge on any atom is -0.469 e. The van der Waals surface area contributed by atoms with Crippen molar-refractivity contribution in [3.63, 3.8) is 0 Å². The lowest BCUT2D eigenvalue weighted by Crippen LogP contribution is -2.06. The predicted molar refractivity (Wildman–Crippen MR) is 73.2 cm³/mol. The van der Waals surface area contributed by atoms with Crippen molar-refractivity contribution in [3.8, 4) is 11.4 Å². The highest BCUT2D eigenvalue weighted by atomic mass is 35.5. The van der Waals surface area contributed by atoms with Crippen LogP contribution in [0.4, 0.5) is 0 Å². The number of ether oxygens (including phenoxy) is 1. The molecule has 0 saturated carbocycles. The van der Waals surface area contributed by atoms with Gasteiger partial charge in [-0.25, -0.2) is 9.97 Å². The molecular weight excluding hydrogens is 287 g/mol. The van der Waals surface area contributed by atoms with E-state index in [4.69, 9.17) is 23.2 Å². The lowest BCUT2D eigenvalue weighted by Gasteiger charge is -2.05. The summed E-state index contributed by atoms with van der Waals surface area (Å²) in [5.74, 6) is 0.0714. The van der Waals surface area contributed by atoms with Crippen LogP contribution in [0.5, 0.6) is 0 Å². The molecule has 0 saturated heterocycles. The summed E-state index contributed by atoms with van der Waals surface area (Å²) < 4.78 is 4.57. The lowest BCUT2D eigenvalue weighted by atomic mass is 10.2. The predicted octanol–water partition coefficient (Wildman–Crippen LogP) is 3.17. The Morgan fingerprint density at radius 2 is 2.16 bits per heavy atom. The molecule has 0 N–H and O–H groups in total. The Kier molecular flexibility index (Phi) is 4.35. The third kappa shape index (κ3) is 3.43. The van der Waals surface area contributed by atoms with Gasteiger partial charge in [0.15, 0.2) is 5.82 Å². The fourth-order valence-corrected chi connectivity index (χ4v) is 1.88. The molecule has 0 amide bonds. The fraction of sp³-hybridized carbons (Fsp3) is 0.154. The molecule has 0 atom stereocenters. The molecule has 0 radical (unpaired) electrons. The number of halogens is 2. The van der Waals surface area contributed by atoms with Crippen molar-refractivity contribution >= 4 is 29.2 Å². The minimum absolute atomic E-state index is 0.0468. The highest BCUT2D eigenvalue weighted by molar-refractivity contribution is 6.31. The van der Waals surface area contributed by atoms with Gasteiger partial charge >= 0.3 is 5.97 Å². The molecule has 0 unspecified atom stereocenters.